The molecule has 24 rings (SSSR count). The number of nitrogens with zero attached hydrogens (tertiary/aromatic N) is 8. The van der Waals surface area contributed by atoms with Gasteiger partial charge in [-0.25, -0.2) is 15.0 Å². The molecule has 1 atom stereocenters. The number of fused-ring (bicyclic) bond motifs is 25. The van der Waals surface area contributed by atoms with Crippen molar-refractivity contribution in [1.29, 1.82) is 0 Å². The van der Waals surface area contributed by atoms with Crippen molar-refractivity contribution < 1.29 is 13.3 Å². The molecule has 11 nitrogen and oxygen atoms in total. The summed E-state index contributed by atoms with van der Waals surface area (Å²) in [6, 6.07) is 95.4. The van der Waals surface area contributed by atoms with Gasteiger partial charge in [-0.05, 0) is 158 Å². The molecule has 0 saturated carbocycles. The van der Waals surface area contributed by atoms with E-state index in [0.717, 1.165) is 129 Å². The molecule has 0 N–H and O–H groups in total. The number of hydrogen-bond acceptors (Lipinski definition) is 11. The zero-order chi connectivity index (χ0) is 77.0. The van der Waals surface area contributed by atoms with E-state index in [9.17, 15) is 0 Å². The van der Waals surface area contributed by atoms with E-state index < -0.39 is 0 Å². The van der Waals surface area contributed by atoms with Crippen LogP contribution in [-0.4, -0.2) is 39.9 Å². The molecule has 11 heteroatoms. The molecule has 3 aliphatic carbocycles. The van der Waals surface area contributed by atoms with Gasteiger partial charge in [-0.15, -0.1) is 0 Å². The van der Waals surface area contributed by atoms with Crippen LogP contribution in [0, 0.1) is 0 Å². The van der Waals surface area contributed by atoms with Crippen LogP contribution < -0.4 is 0 Å². The fraction of sp³-hybridized carbons (Fsp3) is 0.0962. The molecular weight excluding hydrogens is 1410 g/mol. The molecule has 0 amide bonds. The molecule has 0 radical (unpaired) electrons. The molecule has 9 aromatic heterocycles. The van der Waals surface area contributed by atoms with Gasteiger partial charge in [0, 0.05) is 135 Å². The van der Waals surface area contributed by atoms with Crippen LogP contribution in [0.4, 0.5) is 0 Å². The Hall–Kier alpha value is -14.4. The standard InChI is InChI=1S/C38H25N3O.C35H24N2O.C31H23N3O/c1-38(2)30-18-15-22(19-29(30)26-16-17-28-25-11-6-8-14-34(25)42-37(28)35(26)38)32-20-40-33(21-39-32)36-27-12-4-3-9-23(27)24-10-5-7-13-31(24)41-36;1-35(2)29-19-22(23-12-16-30(37-20-23)33-24-8-4-3-7-21(24)17-18-36-33)11-13-25(29)27-14-15-28-26-9-5-6-10-31(26)38-34(28)32(27)35;1-3-31(2)25-14-11-19(30-33-17-20(18-34-30)26-9-6-7-15-32-26)16-24(25)22-12-13-23-21-8-4-5-10-27(21)35-29(23)28(22)31/h3-21H,1-2H3;3-20H,1-2H3;4-18H,3H2,1-2H3. The van der Waals surface area contributed by atoms with Gasteiger partial charge in [-0.3, -0.25) is 24.9 Å². The third-order valence-electron chi connectivity index (χ3n) is 24.7. The Balaban J connectivity index is 0.000000105. The highest BCUT2D eigenvalue weighted by atomic mass is 16.3. The lowest BCUT2D eigenvalue weighted by atomic mass is 9.77. The Morgan fingerprint density at radius 3 is 1.43 bits per heavy atom. The first-order valence-electron chi connectivity index (χ1n) is 39.3. The number of para-hydroxylation sites is 4. The molecule has 0 spiro atoms. The maximum absolute atomic E-state index is 6.46. The predicted molar refractivity (Wildman–Crippen MR) is 466 cm³/mol. The van der Waals surface area contributed by atoms with E-state index in [1.54, 1.807) is 6.20 Å². The number of aromatic nitrogens is 8. The molecule has 12 aromatic carbocycles. The Labute approximate surface area is 662 Å². The minimum Gasteiger partial charge on any atom is -0.456 e. The zero-order valence-electron chi connectivity index (χ0n) is 64.0. The molecule has 0 saturated heterocycles. The minimum atomic E-state index is -0.186. The second-order valence-corrected chi connectivity index (χ2v) is 31.7. The number of furan rings is 3. The Kier molecular flexibility index (Phi) is 15.2. The van der Waals surface area contributed by atoms with E-state index in [0.29, 0.717) is 5.82 Å². The lowest BCUT2D eigenvalue weighted by Crippen LogP contribution is -2.19. The van der Waals surface area contributed by atoms with Gasteiger partial charge >= 0.3 is 0 Å². The molecule has 1 unspecified atom stereocenters. The molecule has 3 aliphatic rings. The molecular formula is C104H72N8O3. The van der Waals surface area contributed by atoms with Crippen molar-refractivity contribution in [3.05, 3.63) is 350 Å². The fourth-order valence-electron chi connectivity index (χ4n) is 18.8. The van der Waals surface area contributed by atoms with Crippen molar-refractivity contribution in [1.82, 2.24) is 39.9 Å². The molecule has 546 valence electrons. The van der Waals surface area contributed by atoms with Gasteiger partial charge in [0.25, 0.3) is 0 Å². The van der Waals surface area contributed by atoms with Crippen LogP contribution in [0.1, 0.15) is 81.3 Å². The van der Waals surface area contributed by atoms with Crippen LogP contribution in [-0.2, 0) is 16.2 Å². The largest absolute Gasteiger partial charge is 0.456 e. The topological polar surface area (TPSA) is 143 Å². The summed E-state index contributed by atoms with van der Waals surface area (Å²) in [6.45, 7) is 13.8. The van der Waals surface area contributed by atoms with E-state index in [1.165, 1.54) is 104 Å². The van der Waals surface area contributed by atoms with Crippen molar-refractivity contribution in [2.45, 2.75) is 64.2 Å². The minimum absolute atomic E-state index is 0.125. The van der Waals surface area contributed by atoms with Crippen molar-refractivity contribution in [3.8, 4) is 101 Å². The van der Waals surface area contributed by atoms with Crippen molar-refractivity contribution in [2.75, 3.05) is 0 Å². The summed E-state index contributed by atoms with van der Waals surface area (Å²) in [7, 11) is 0. The molecule has 115 heavy (non-hydrogen) atoms. The maximum atomic E-state index is 6.46. The van der Waals surface area contributed by atoms with Crippen molar-refractivity contribution in [3.63, 3.8) is 0 Å². The van der Waals surface area contributed by atoms with Crippen LogP contribution in [0.5, 0.6) is 0 Å². The smallest absolute Gasteiger partial charge is 0.159 e. The van der Waals surface area contributed by atoms with E-state index >= 15 is 0 Å². The molecule has 0 fully saturated rings. The summed E-state index contributed by atoms with van der Waals surface area (Å²) in [6.07, 6.45) is 14.0. The maximum Gasteiger partial charge on any atom is 0.159 e. The van der Waals surface area contributed by atoms with Crippen LogP contribution >= 0.6 is 0 Å². The SMILES string of the molecule is CC1(C)c2cc(-c3ccc(-c4nccc5ccccc45)nc3)ccc2-c2ccc3c(oc4ccccc43)c21.CC1(C)c2ccc(-c3cnc(-c4nc5ccccc5c5ccccc45)cn3)cc2-c2ccc3c(oc4ccccc43)c21.CCC1(C)c2ccc(-c3ncc(-c4ccccn4)cn3)cc2-c2ccc3c(oc4ccccc43)c21. The first-order chi connectivity index (χ1) is 56.3. The number of pyridine rings is 4. The Bertz CT molecular complexity index is 7580. The predicted octanol–water partition coefficient (Wildman–Crippen LogP) is 26.7. The second kappa shape index (κ2) is 25.8. The van der Waals surface area contributed by atoms with Gasteiger partial charge in [-0.2, -0.15) is 0 Å². The normalized spacial score (nSPS) is 14.6. The Morgan fingerprint density at radius 1 is 0.278 bits per heavy atom. The zero-order valence-corrected chi connectivity index (χ0v) is 64.0. The number of hydrogen-bond donors (Lipinski definition) is 0. The van der Waals surface area contributed by atoms with Crippen LogP contribution in [0.15, 0.2) is 330 Å². The van der Waals surface area contributed by atoms with E-state index in [1.807, 2.05) is 104 Å². The molecule has 0 aliphatic heterocycles. The third-order valence-corrected chi connectivity index (χ3v) is 24.7. The summed E-state index contributed by atoms with van der Waals surface area (Å²) in [5.41, 5.74) is 31.8. The highest BCUT2D eigenvalue weighted by Gasteiger charge is 2.43. The van der Waals surface area contributed by atoms with Crippen LogP contribution in [0.2, 0.25) is 0 Å². The van der Waals surface area contributed by atoms with E-state index in [2.05, 4.69) is 268 Å². The monoisotopic (exact) mass is 1480 g/mol. The van der Waals surface area contributed by atoms with Gasteiger partial charge in [0.15, 0.2) is 5.82 Å². The molecule has 0 bridgehead atoms. The van der Waals surface area contributed by atoms with Crippen molar-refractivity contribution >= 4 is 98.3 Å². The first-order valence-corrected chi connectivity index (χ1v) is 39.3. The lowest BCUT2D eigenvalue weighted by Gasteiger charge is -2.25. The lowest BCUT2D eigenvalue weighted by molar-refractivity contribution is 0.553. The first kappa shape index (κ1) is 67.5. The summed E-state index contributed by atoms with van der Waals surface area (Å²) >= 11 is 0. The summed E-state index contributed by atoms with van der Waals surface area (Å²) < 4.78 is 19.4. The third kappa shape index (κ3) is 10.5. The number of benzene rings is 12. The highest BCUT2D eigenvalue weighted by Crippen LogP contribution is 2.58. The van der Waals surface area contributed by atoms with Gasteiger partial charge in [-0.1, -0.05) is 230 Å². The summed E-state index contributed by atoms with van der Waals surface area (Å²) in [5.74, 6) is 0.712. The molecule has 21 aromatic rings. The Morgan fingerprint density at radius 2 is 0.783 bits per heavy atom. The molecule has 9 heterocycles. The van der Waals surface area contributed by atoms with E-state index in [4.69, 9.17) is 33.2 Å². The van der Waals surface area contributed by atoms with Gasteiger partial charge in [0.05, 0.1) is 46.4 Å². The van der Waals surface area contributed by atoms with E-state index in [-0.39, 0.29) is 16.2 Å². The van der Waals surface area contributed by atoms with Crippen LogP contribution in [0.25, 0.3) is 199 Å². The summed E-state index contributed by atoms with van der Waals surface area (Å²) in [5, 5.41) is 12.7. The summed E-state index contributed by atoms with van der Waals surface area (Å²) in [4.78, 5) is 38.0. The number of rotatable bonds is 7. The van der Waals surface area contributed by atoms with Crippen LogP contribution in [0.3, 0.4) is 0 Å². The average molecular weight is 1480 g/mol. The van der Waals surface area contributed by atoms with Gasteiger partial charge in [0.2, 0.25) is 0 Å². The highest BCUT2D eigenvalue weighted by molar-refractivity contribution is 6.14. The fourth-order valence-corrected chi connectivity index (χ4v) is 18.8. The van der Waals surface area contributed by atoms with Gasteiger partial charge in [0.1, 0.15) is 39.2 Å². The average Bonchev–Trinajstić information content (AvgIpc) is 1.57. The second-order valence-electron chi connectivity index (χ2n) is 31.7. The van der Waals surface area contributed by atoms with Gasteiger partial charge < -0.3 is 13.3 Å². The van der Waals surface area contributed by atoms with Crippen molar-refractivity contribution in [2.24, 2.45) is 0 Å². The quantitative estimate of drug-likeness (QED) is 0.141.